The van der Waals surface area contributed by atoms with Gasteiger partial charge in [-0.3, -0.25) is 0 Å². The van der Waals surface area contributed by atoms with Crippen molar-refractivity contribution in [2.75, 3.05) is 0 Å². The maximum absolute atomic E-state index is 9.60. The van der Waals surface area contributed by atoms with Gasteiger partial charge in [0.1, 0.15) is 5.75 Å². The monoisotopic (exact) mass is 224 g/mol. The van der Waals surface area contributed by atoms with E-state index in [4.69, 9.17) is 14.9 Å². The van der Waals surface area contributed by atoms with E-state index in [0.717, 1.165) is 0 Å². The summed E-state index contributed by atoms with van der Waals surface area (Å²) in [6, 6.07) is 9.21. The lowest BCUT2D eigenvalue weighted by molar-refractivity contribution is -0.132. The Kier molecular flexibility index (Phi) is 6.63. The second-order valence-electron chi connectivity index (χ2n) is 3.12. The molecule has 0 aromatic heterocycles. The molecule has 0 saturated heterocycles. The van der Waals surface area contributed by atoms with Gasteiger partial charge in [-0.05, 0) is 26.0 Å². The Bertz CT molecular complexity index is 318. The lowest BCUT2D eigenvalue weighted by Crippen LogP contribution is -2.08. The van der Waals surface area contributed by atoms with Gasteiger partial charge in [-0.1, -0.05) is 24.8 Å². The van der Waals surface area contributed by atoms with Gasteiger partial charge in [-0.25, -0.2) is 4.79 Å². The van der Waals surface area contributed by atoms with E-state index in [0.29, 0.717) is 5.75 Å². The topological polar surface area (TPSA) is 66.8 Å². The first-order valence-electron chi connectivity index (χ1n) is 4.72. The van der Waals surface area contributed by atoms with Gasteiger partial charge >= 0.3 is 5.97 Å². The SMILES string of the molecule is C=C(C)C(=O)O.CC(O)Oc1ccccc1. The van der Waals surface area contributed by atoms with Crippen molar-refractivity contribution in [1.82, 2.24) is 0 Å². The van der Waals surface area contributed by atoms with Crippen LogP contribution in [0.4, 0.5) is 0 Å². The molecule has 0 aliphatic carbocycles. The van der Waals surface area contributed by atoms with Gasteiger partial charge in [-0.2, -0.15) is 0 Å². The first kappa shape index (κ1) is 14.2. The summed E-state index contributed by atoms with van der Waals surface area (Å²) in [4.78, 5) is 9.60. The van der Waals surface area contributed by atoms with Gasteiger partial charge in [-0.15, -0.1) is 0 Å². The molecule has 0 amide bonds. The molecule has 1 atom stereocenters. The molecule has 2 N–H and O–H groups in total. The highest BCUT2D eigenvalue weighted by Gasteiger charge is 1.94. The number of hydrogen-bond acceptors (Lipinski definition) is 3. The van der Waals surface area contributed by atoms with E-state index in [-0.39, 0.29) is 5.57 Å². The largest absolute Gasteiger partial charge is 0.478 e. The summed E-state index contributed by atoms with van der Waals surface area (Å²) in [6.07, 6.45) is -0.734. The summed E-state index contributed by atoms with van der Waals surface area (Å²) in [6.45, 7) is 6.18. The molecule has 1 rings (SSSR count). The number of carbonyl (C=O) groups is 1. The van der Waals surface area contributed by atoms with Crippen LogP contribution in [0, 0.1) is 0 Å². The fourth-order valence-electron chi connectivity index (χ4n) is 0.696. The van der Waals surface area contributed by atoms with Gasteiger partial charge in [0.05, 0.1) is 0 Å². The van der Waals surface area contributed by atoms with Crippen molar-refractivity contribution < 1.29 is 19.7 Å². The third-order valence-electron chi connectivity index (χ3n) is 1.41. The van der Waals surface area contributed by atoms with E-state index in [1.54, 1.807) is 19.1 Å². The van der Waals surface area contributed by atoms with Crippen LogP contribution in [0.5, 0.6) is 5.75 Å². The zero-order valence-corrected chi connectivity index (χ0v) is 9.38. The van der Waals surface area contributed by atoms with Crippen molar-refractivity contribution >= 4 is 5.97 Å². The minimum Gasteiger partial charge on any atom is -0.478 e. The van der Waals surface area contributed by atoms with Gasteiger partial charge in [0, 0.05) is 5.57 Å². The second kappa shape index (κ2) is 7.48. The molecule has 0 heterocycles. The Morgan fingerprint density at radius 1 is 1.38 bits per heavy atom. The van der Waals surface area contributed by atoms with Crippen molar-refractivity contribution in [3.8, 4) is 5.75 Å². The van der Waals surface area contributed by atoms with E-state index in [1.165, 1.54) is 6.92 Å². The number of hydrogen-bond donors (Lipinski definition) is 2. The molecule has 1 unspecified atom stereocenters. The number of carboxylic acid groups (broad SMARTS) is 1. The van der Waals surface area contributed by atoms with Crippen LogP contribution >= 0.6 is 0 Å². The fourth-order valence-corrected chi connectivity index (χ4v) is 0.696. The average molecular weight is 224 g/mol. The number of rotatable bonds is 3. The highest BCUT2D eigenvalue weighted by atomic mass is 16.6. The number of aliphatic hydroxyl groups excluding tert-OH is 1. The second-order valence-corrected chi connectivity index (χ2v) is 3.12. The molecule has 0 bridgehead atoms. The van der Waals surface area contributed by atoms with Gasteiger partial charge in [0.15, 0.2) is 6.29 Å². The number of para-hydroxylation sites is 1. The molecule has 16 heavy (non-hydrogen) atoms. The van der Waals surface area contributed by atoms with Crippen molar-refractivity contribution in [2.45, 2.75) is 20.1 Å². The Balaban J connectivity index is 0.000000325. The maximum Gasteiger partial charge on any atom is 0.330 e. The first-order chi connectivity index (χ1) is 7.43. The van der Waals surface area contributed by atoms with Crippen LogP contribution < -0.4 is 4.74 Å². The highest BCUT2D eigenvalue weighted by molar-refractivity contribution is 5.84. The summed E-state index contributed by atoms with van der Waals surface area (Å²) in [5.41, 5.74) is 0.176. The Hall–Kier alpha value is -1.81. The van der Waals surface area contributed by atoms with E-state index in [9.17, 15) is 4.79 Å². The number of ether oxygens (including phenoxy) is 1. The normalized spacial score (nSPS) is 10.7. The van der Waals surface area contributed by atoms with Crippen LogP contribution in [-0.2, 0) is 4.79 Å². The molecule has 4 heteroatoms. The first-order valence-corrected chi connectivity index (χ1v) is 4.72. The average Bonchev–Trinajstić information content (AvgIpc) is 2.19. The quantitative estimate of drug-likeness (QED) is 0.609. The predicted octanol–water partition coefficient (Wildman–Crippen LogP) is 2.05. The smallest absolute Gasteiger partial charge is 0.330 e. The molecule has 0 aliphatic rings. The zero-order valence-electron chi connectivity index (χ0n) is 9.38. The van der Waals surface area contributed by atoms with E-state index < -0.39 is 12.3 Å². The number of benzene rings is 1. The molecular formula is C12H16O4. The minimum atomic E-state index is -0.935. The number of carboxylic acids is 1. The van der Waals surface area contributed by atoms with Gasteiger partial charge in [0.25, 0.3) is 0 Å². The van der Waals surface area contributed by atoms with Gasteiger partial charge in [0.2, 0.25) is 0 Å². The molecule has 0 spiro atoms. The van der Waals surface area contributed by atoms with Gasteiger partial charge < -0.3 is 14.9 Å². The summed E-state index contributed by atoms with van der Waals surface area (Å²) in [7, 11) is 0. The molecule has 0 saturated carbocycles. The third-order valence-corrected chi connectivity index (χ3v) is 1.41. The molecule has 1 aromatic rings. The Morgan fingerprint density at radius 3 is 2.12 bits per heavy atom. The fraction of sp³-hybridized carbons (Fsp3) is 0.250. The summed E-state index contributed by atoms with van der Waals surface area (Å²) < 4.78 is 4.97. The highest BCUT2D eigenvalue weighted by Crippen LogP contribution is 2.09. The molecule has 0 radical (unpaired) electrons. The number of aliphatic hydroxyl groups is 1. The van der Waals surface area contributed by atoms with Crippen molar-refractivity contribution in [2.24, 2.45) is 0 Å². The Labute approximate surface area is 94.8 Å². The standard InChI is InChI=1S/C8H10O2.C4H6O2/c1-7(9)10-8-5-3-2-4-6-8;1-3(2)4(5)6/h2-7,9H,1H3;1H2,2H3,(H,5,6). The summed E-state index contributed by atoms with van der Waals surface area (Å²) in [5, 5.41) is 16.7. The Morgan fingerprint density at radius 2 is 1.81 bits per heavy atom. The molecular weight excluding hydrogens is 208 g/mol. The van der Waals surface area contributed by atoms with Crippen LogP contribution in [-0.4, -0.2) is 22.5 Å². The lowest BCUT2D eigenvalue weighted by Gasteiger charge is -2.06. The van der Waals surface area contributed by atoms with Crippen LogP contribution in [0.3, 0.4) is 0 Å². The molecule has 4 nitrogen and oxygen atoms in total. The minimum absolute atomic E-state index is 0.176. The van der Waals surface area contributed by atoms with Crippen molar-refractivity contribution in [3.05, 3.63) is 42.5 Å². The maximum atomic E-state index is 9.60. The molecule has 0 aliphatic heterocycles. The lowest BCUT2D eigenvalue weighted by atomic mass is 10.3. The van der Waals surface area contributed by atoms with E-state index in [2.05, 4.69) is 6.58 Å². The van der Waals surface area contributed by atoms with E-state index >= 15 is 0 Å². The van der Waals surface area contributed by atoms with Crippen LogP contribution in [0.25, 0.3) is 0 Å². The molecule has 88 valence electrons. The van der Waals surface area contributed by atoms with E-state index in [1.807, 2.05) is 18.2 Å². The predicted molar refractivity (Wildman–Crippen MR) is 61.2 cm³/mol. The van der Waals surface area contributed by atoms with Crippen molar-refractivity contribution in [3.63, 3.8) is 0 Å². The third kappa shape index (κ3) is 7.58. The van der Waals surface area contributed by atoms with Crippen molar-refractivity contribution in [1.29, 1.82) is 0 Å². The van der Waals surface area contributed by atoms with Crippen LogP contribution in [0.2, 0.25) is 0 Å². The zero-order chi connectivity index (χ0) is 12.6. The summed E-state index contributed by atoms with van der Waals surface area (Å²) >= 11 is 0. The number of aliphatic carboxylic acids is 1. The summed E-state index contributed by atoms with van der Waals surface area (Å²) in [5.74, 6) is -0.243. The molecule has 0 fully saturated rings. The molecule has 1 aromatic carbocycles. The van der Waals surface area contributed by atoms with Crippen LogP contribution in [0.15, 0.2) is 42.5 Å². The van der Waals surface area contributed by atoms with Crippen LogP contribution in [0.1, 0.15) is 13.8 Å².